The quantitative estimate of drug-likeness (QED) is 0.417. The van der Waals surface area contributed by atoms with E-state index < -0.39 is 0 Å². The molecule has 0 rings (SSSR count). The normalized spacial score (nSPS) is 5.89. The molecule has 0 aliphatic carbocycles. The van der Waals surface area contributed by atoms with Crippen molar-refractivity contribution >= 4 is 7.85 Å². The second-order valence-corrected chi connectivity index (χ2v) is 1.71. The summed E-state index contributed by atoms with van der Waals surface area (Å²) in [6, 6.07) is 0. The molecule has 0 nitrogen and oxygen atoms in total. The average molecular weight is 144 g/mol. The van der Waals surface area contributed by atoms with Gasteiger partial charge < -0.3 is 0 Å². The van der Waals surface area contributed by atoms with E-state index in [9.17, 15) is 0 Å². The van der Waals surface area contributed by atoms with Gasteiger partial charge in [-0.25, -0.2) is 0 Å². The minimum atomic E-state index is 0. The Labute approximate surface area is 55.5 Å². The van der Waals surface area contributed by atoms with Crippen molar-refractivity contribution in [2.75, 3.05) is 0 Å². The lowest BCUT2D eigenvalue weighted by Gasteiger charge is -1.86. The maximum absolute atomic E-state index is 2.23. The Kier molecular flexibility index (Phi) is 64.0. The smallest absolute Gasteiger partial charge is 0.101 e. The van der Waals surface area contributed by atoms with Crippen LogP contribution in [-0.2, 0) is 0 Å². The van der Waals surface area contributed by atoms with Gasteiger partial charge in [-0.05, 0) is 0 Å². The van der Waals surface area contributed by atoms with Crippen molar-refractivity contribution < 1.29 is 14.1 Å². The van der Waals surface area contributed by atoms with Crippen molar-refractivity contribution in [3.05, 3.63) is 0 Å². The zero-order chi connectivity index (χ0) is 4.83. The Balaban J connectivity index is -0.0000000417. The van der Waals surface area contributed by atoms with Crippen LogP contribution in [0, 0.1) is 0 Å². The van der Waals surface area contributed by atoms with Gasteiger partial charge in [0.05, 0.1) is 0 Å². The van der Waals surface area contributed by atoms with Crippen LogP contribution in [0.2, 0.25) is 6.32 Å². The fraction of sp³-hybridized carbons (Fsp3) is 1.00. The molecule has 0 aliphatic rings. The second kappa shape index (κ2) is 24.8. The van der Waals surface area contributed by atoms with E-state index in [-0.39, 0.29) is 14.1 Å². The van der Waals surface area contributed by atoms with Crippen molar-refractivity contribution in [1.82, 2.24) is 0 Å². The van der Waals surface area contributed by atoms with Crippen LogP contribution in [0.1, 0.15) is 26.2 Å². The van der Waals surface area contributed by atoms with Gasteiger partial charge in [0, 0.05) is 0 Å². The topological polar surface area (TPSA) is 0 Å². The first kappa shape index (κ1) is 23.2. The van der Waals surface area contributed by atoms with Gasteiger partial charge in [0.15, 0.2) is 0 Å². The fourth-order valence-electron chi connectivity index (χ4n) is 0.500. The Bertz CT molecular complexity index is 24.2. The summed E-state index contributed by atoms with van der Waals surface area (Å²) in [6.07, 6.45) is 5.54. The second-order valence-electron chi connectivity index (χ2n) is 1.71. The van der Waals surface area contributed by atoms with Crippen LogP contribution >= 0.6 is 0 Å². The summed E-state index contributed by atoms with van der Waals surface area (Å²) in [4.78, 5) is 0. The first-order valence-corrected chi connectivity index (χ1v) is 2.91. The van der Waals surface area contributed by atoms with E-state index in [2.05, 4.69) is 14.8 Å². The third-order valence-corrected chi connectivity index (χ3v) is 0.957. The highest BCUT2D eigenvalue weighted by molar-refractivity contribution is 6.08. The summed E-state index contributed by atoms with van der Waals surface area (Å²) in [6.45, 7) is 2.23. The van der Waals surface area contributed by atoms with Crippen LogP contribution in [0.15, 0.2) is 0 Å². The van der Waals surface area contributed by atoms with Gasteiger partial charge in [-0.1, -0.05) is 32.5 Å². The summed E-state index contributed by atoms with van der Waals surface area (Å²) in [7, 11) is 2.23. The van der Waals surface area contributed by atoms with Crippen LogP contribution in [0.25, 0.3) is 0 Å². The molecule has 0 aliphatic heterocycles. The van der Waals surface area contributed by atoms with Gasteiger partial charge in [0.2, 0.25) is 0 Å². The predicted octanol–water partition coefficient (Wildman–Crippen LogP) is 1.69. The first-order valence-electron chi connectivity index (χ1n) is 2.91. The van der Waals surface area contributed by atoms with E-state index in [0.717, 1.165) is 0 Å². The Hall–Kier alpha value is -0.145. The molecular weight excluding hydrogens is 128 g/mol. The molecule has 0 aromatic carbocycles. The molecule has 0 heterocycles. The maximum atomic E-state index is 2.23. The molecule has 0 radical (unpaired) electrons. The molecule has 0 unspecified atom stereocenters. The third-order valence-electron chi connectivity index (χ3n) is 0.957. The third kappa shape index (κ3) is 33.0. The van der Waals surface area contributed by atoms with Crippen LogP contribution in [0.3, 0.4) is 0 Å². The molecule has 0 N–H and O–H groups in total. The lowest BCUT2D eigenvalue weighted by atomic mass is 10.00. The van der Waals surface area contributed by atoms with Crippen LogP contribution in [0.4, 0.5) is 14.1 Å². The molecule has 0 amide bonds. The summed E-state index contributed by atoms with van der Waals surface area (Å²) < 4.78 is 0. The van der Waals surface area contributed by atoms with Gasteiger partial charge in [-0.15, -0.1) is 0 Å². The van der Waals surface area contributed by atoms with Crippen molar-refractivity contribution in [2.24, 2.45) is 0 Å². The Morgan fingerprint density at radius 2 is 1.44 bits per heavy atom. The minimum absolute atomic E-state index is 0. The van der Waals surface area contributed by atoms with Crippen molar-refractivity contribution in [3.8, 4) is 0 Å². The number of hydrogen-bond donors (Lipinski definition) is 0. The highest BCUT2D eigenvalue weighted by atomic mass is 19.0. The van der Waals surface area contributed by atoms with E-state index >= 15 is 0 Å². The van der Waals surface area contributed by atoms with Crippen molar-refractivity contribution in [1.29, 1.82) is 0 Å². The van der Waals surface area contributed by atoms with E-state index in [0.29, 0.717) is 0 Å². The van der Waals surface area contributed by atoms with E-state index in [1.165, 1.54) is 25.6 Å². The molecule has 60 valence electrons. The predicted molar refractivity (Wildman–Crippen MR) is 40.4 cm³/mol. The molecule has 0 fully saturated rings. The van der Waals surface area contributed by atoms with Crippen LogP contribution < -0.4 is 0 Å². The molecule has 4 heteroatoms. The van der Waals surface area contributed by atoms with Crippen molar-refractivity contribution in [2.45, 2.75) is 32.5 Å². The number of hydrogen-bond acceptors (Lipinski definition) is 0. The van der Waals surface area contributed by atoms with E-state index in [1.54, 1.807) is 0 Å². The SMILES string of the molecule is BCCCCC.F.F.F. The molecule has 9 heavy (non-hydrogen) atoms. The molecule has 0 saturated heterocycles. The zero-order valence-corrected chi connectivity index (χ0v) is 6.05. The first-order chi connectivity index (χ1) is 2.91. The van der Waals surface area contributed by atoms with Gasteiger partial charge in [0.1, 0.15) is 7.85 Å². The minimum Gasteiger partial charge on any atom is -0.269 e. The molecule has 0 aromatic rings. The highest BCUT2D eigenvalue weighted by Crippen LogP contribution is 1.94. The van der Waals surface area contributed by atoms with E-state index in [4.69, 9.17) is 0 Å². The summed E-state index contributed by atoms with van der Waals surface area (Å²) in [5, 5.41) is 0. The summed E-state index contributed by atoms with van der Waals surface area (Å²) in [5.41, 5.74) is 0. The van der Waals surface area contributed by atoms with Crippen molar-refractivity contribution in [3.63, 3.8) is 0 Å². The van der Waals surface area contributed by atoms with Gasteiger partial charge in [0.25, 0.3) is 0 Å². The molecule has 0 atom stereocenters. The molecule has 0 spiro atoms. The molecule has 0 saturated carbocycles. The number of unbranched alkanes of at least 4 members (excludes halogenated alkanes) is 2. The molecule has 0 bridgehead atoms. The average Bonchev–Trinajstić information content (AvgIpc) is 1.61. The standard InChI is InChI=1S/C5H13B.3FH/c1-2-3-4-5-6;;;/h2-6H2,1H3;3*1H. The Morgan fingerprint density at radius 1 is 1.00 bits per heavy atom. The van der Waals surface area contributed by atoms with Crippen LogP contribution in [0.5, 0.6) is 0 Å². The van der Waals surface area contributed by atoms with E-state index in [1.807, 2.05) is 0 Å². The summed E-state index contributed by atoms with van der Waals surface area (Å²) >= 11 is 0. The van der Waals surface area contributed by atoms with Gasteiger partial charge in [-0.2, -0.15) is 0 Å². The monoisotopic (exact) mass is 144 g/mol. The maximum Gasteiger partial charge on any atom is 0.101 e. The lowest BCUT2D eigenvalue weighted by Crippen LogP contribution is -1.69. The summed E-state index contributed by atoms with van der Waals surface area (Å²) in [5.74, 6) is 0. The van der Waals surface area contributed by atoms with Gasteiger partial charge in [-0.3, -0.25) is 14.1 Å². The highest BCUT2D eigenvalue weighted by Gasteiger charge is 1.75. The molecule has 0 aromatic heterocycles. The number of rotatable bonds is 3. The van der Waals surface area contributed by atoms with Gasteiger partial charge >= 0.3 is 0 Å². The zero-order valence-electron chi connectivity index (χ0n) is 6.05. The lowest BCUT2D eigenvalue weighted by molar-refractivity contribution is 0.771. The number of halogens is 3. The van der Waals surface area contributed by atoms with Crippen LogP contribution in [-0.4, -0.2) is 7.85 Å². The molecular formula is C5H16BF3. The Morgan fingerprint density at radius 3 is 1.56 bits per heavy atom. The fourth-order valence-corrected chi connectivity index (χ4v) is 0.500. The largest absolute Gasteiger partial charge is 0.269 e.